The van der Waals surface area contributed by atoms with E-state index in [1.807, 2.05) is 35.0 Å². The molecular weight excluding hydrogens is 418 g/mol. The highest BCUT2D eigenvalue weighted by molar-refractivity contribution is 7.98. The average Bonchev–Trinajstić information content (AvgIpc) is 3.36. The van der Waals surface area contributed by atoms with Crippen molar-refractivity contribution >= 4 is 34.6 Å². The van der Waals surface area contributed by atoms with Crippen molar-refractivity contribution in [2.75, 3.05) is 19.5 Å². The number of imidazole rings is 1. The molecule has 0 saturated heterocycles. The van der Waals surface area contributed by atoms with Gasteiger partial charge < -0.3 is 19.6 Å². The smallest absolute Gasteiger partial charge is 0.342 e. The number of nitrogen functional groups attached to an aromatic ring is 1. The van der Waals surface area contributed by atoms with Crippen molar-refractivity contribution in [1.29, 1.82) is 0 Å². The van der Waals surface area contributed by atoms with Crippen LogP contribution in [-0.4, -0.2) is 39.2 Å². The van der Waals surface area contributed by atoms with Crippen LogP contribution in [0.3, 0.4) is 0 Å². The van der Waals surface area contributed by atoms with Crippen LogP contribution in [0.25, 0.3) is 16.8 Å². The third-order valence-corrected chi connectivity index (χ3v) is 5.53. The first-order valence-electron chi connectivity index (χ1n) is 9.55. The van der Waals surface area contributed by atoms with E-state index in [0.717, 1.165) is 16.6 Å². The van der Waals surface area contributed by atoms with E-state index in [-0.39, 0.29) is 23.7 Å². The summed E-state index contributed by atoms with van der Waals surface area (Å²) in [6.45, 7) is 3.66. The Bertz CT molecular complexity index is 1230. The number of carbonyl (C=O) groups excluding carboxylic acids is 1. The third-order valence-electron chi connectivity index (χ3n) is 4.57. The number of aromatic nitrogens is 4. The number of carbonyl (C=O) groups is 1. The molecule has 31 heavy (non-hydrogen) atoms. The molecule has 0 saturated carbocycles. The molecule has 2 N–H and O–H groups in total. The van der Waals surface area contributed by atoms with E-state index < -0.39 is 5.97 Å². The number of benzene rings is 1. The second-order valence-corrected chi connectivity index (χ2v) is 7.47. The Morgan fingerprint density at radius 3 is 2.74 bits per heavy atom. The van der Waals surface area contributed by atoms with Gasteiger partial charge in [0.15, 0.2) is 5.16 Å². The molecule has 0 bridgehead atoms. The van der Waals surface area contributed by atoms with Crippen LogP contribution >= 0.6 is 11.8 Å². The molecule has 160 valence electrons. The number of nitrogens with two attached hydrogens (primary N) is 1. The number of rotatable bonds is 7. The monoisotopic (exact) mass is 439 g/mol. The molecule has 0 aliphatic carbocycles. The maximum Gasteiger partial charge on any atom is 0.342 e. The van der Waals surface area contributed by atoms with E-state index in [2.05, 4.69) is 15.0 Å². The van der Waals surface area contributed by atoms with Gasteiger partial charge in [-0.05, 0) is 38.1 Å². The topological polar surface area (TPSA) is 118 Å². The SMILES string of the molecule is CCOC(=O)c1c(C)oc2nc(CSc3nccn3-c3ccc(OC)cc3)nc(N)c12. The molecule has 4 rings (SSSR count). The van der Waals surface area contributed by atoms with Crippen LogP contribution in [-0.2, 0) is 10.5 Å². The maximum atomic E-state index is 12.3. The zero-order valence-electron chi connectivity index (χ0n) is 17.3. The molecule has 0 spiro atoms. The maximum absolute atomic E-state index is 12.3. The van der Waals surface area contributed by atoms with Crippen LogP contribution < -0.4 is 10.5 Å². The lowest BCUT2D eigenvalue weighted by molar-refractivity contribution is 0.0526. The molecule has 0 aliphatic rings. The lowest BCUT2D eigenvalue weighted by Gasteiger charge is -2.08. The summed E-state index contributed by atoms with van der Waals surface area (Å²) in [6.07, 6.45) is 3.61. The highest BCUT2D eigenvalue weighted by Crippen LogP contribution is 2.30. The molecule has 3 heterocycles. The summed E-state index contributed by atoms with van der Waals surface area (Å²) in [6, 6.07) is 7.69. The molecule has 10 heteroatoms. The van der Waals surface area contributed by atoms with Crippen molar-refractivity contribution in [3.8, 4) is 11.4 Å². The zero-order chi connectivity index (χ0) is 22.0. The fourth-order valence-electron chi connectivity index (χ4n) is 3.16. The van der Waals surface area contributed by atoms with Crippen LogP contribution in [0.5, 0.6) is 5.75 Å². The molecule has 0 atom stereocenters. The first-order valence-corrected chi connectivity index (χ1v) is 10.5. The van der Waals surface area contributed by atoms with E-state index in [1.165, 1.54) is 11.8 Å². The summed E-state index contributed by atoms with van der Waals surface area (Å²) < 4.78 is 17.9. The number of furan rings is 1. The minimum Gasteiger partial charge on any atom is -0.497 e. The van der Waals surface area contributed by atoms with Gasteiger partial charge in [-0.25, -0.2) is 14.8 Å². The number of thioether (sulfide) groups is 1. The summed E-state index contributed by atoms with van der Waals surface area (Å²) in [5.41, 5.74) is 7.63. The lowest BCUT2D eigenvalue weighted by atomic mass is 10.2. The number of ether oxygens (including phenoxy) is 2. The van der Waals surface area contributed by atoms with E-state index in [0.29, 0.717) is 22.7 Å². The number of methoxy groups -OCH3 is 1. The van der Waals surface area contributed by atoms with Crippen molar-refractivity contribution in [1.82, 2.24) is 19.5 Å². The Balaban J connectivity index is 1.58. The average molecular weight is 439 g/mol. The highest BCUT2D eigenvalue weighted by atomic mass is 32.2. The minimum atomic E-state index is -0.502. The van der Waals surface area contributed by atoms with Crippen molar-refractivity contribution < 1.29 is 18.7 Å². The van der Waals surface area contributed by atoms with E-state index in [1.54, 1.807) is 27.2 Å². The highest BCUT2D eigenvalue weighted by Gasteiger charge is 2.24. The first-order chi connectivity index (χ1) is 15.0. The Labute approximate surface area is 182 Å². The van der Waals surface area contributed by atoms with Gasteiger partial charge in [-0.15, -0.1) is 0 Å². The van der Waals surface area contributed by atoms with E-state index >= 15 is 0 Å². The lowest BCUT2D eigenvalue weighted by Crippen LogP contribution is -2.07. The predicted octanol–water partition coefficient (Wildman–Crippen LogP) is 3.78. The molecule has 0 fully saturated rings. The van der Waals surface area contributed by atoms with Gasteiger partial charge in [0.25, 0.3) is 0 Å². The normalized spacial score (nSPS) is 11.1. The third kappa shape index (κ3) is 4.06. The fraction of sp³-hybridized carbons (Fsp3) is 0.238. The van der Waals surface area contributed by atoms with Gasteiger partial charge in [-0.1, -0.05) is 11.8 Å². The van der Waals surface area contributed by atoms with Crippen LogP contribution in [0.15, 0.2) is 46.2 Å². The van der Waals surface area contributed by atoms with Gasteiger partial charge in [0, 0.05) is 18.1 Å². The van der Waals surface area contributed by atoms with Gasteiger partial charge in [-0.3, -0.25) is 4.57 Å². The minimum absolute atomic E-state index is 0.180. The number of aryl methyl sites for hydroxylation is 1. The molecule has 4 aromatic rings. The van der Waals surface area contributed by atoms with E-state index in [9.17, 15) is 4.79 Å². The number of hydrogen-bond acceptors (Lipinski definition) is 9. The molecule has 1 aromatic carbocycles. The largest absolute Gasteiger partial charge is 0.497 e. The summed E-state index contributed by atoms with van der Waals surface area (Å²) in [4.78, 5) is 25.5. The molecular formula is C21H21N5O4S. The van der Waals surface area contributed by atoms with Crippen molar-refractivity contribution in [2.45, 2.75) is 24.8 Å². The summed E-state index contributed by atoms with van der Waals surface area (Å²) in [5.74, 6) is 1.75. The number of nitrogens with zero attached hydrogens (tertiary/aromatic N) is 4. The standard InChI is InChI=1S/C21H21N5O4S/c1-4-29-20(27)16-12(2)30-19-17(16)18(22)24-15(25-19)11-31-21-23-9-10-26(21)13-5-7-14(28-3)8-6-13/h5-10H,4,11H2,1-3H3,(H2,22,24,25). The Kier molecular flexibility index (Phi) is 5.81. The van der Waals surface area contributed by atoms with Crippen LogP contribution in [0, 0.1) is 6.92 Å². The molecule has 0 unspecified atom stereocenters. The van der Waals surface area contributed by atoms with Gasteiger partial charge in [-0.2, -0.15) is 4.98 Å². The predicted molar refractivity (Wildman–Crippen MR) is 117 cm³/mol. The van der Waals surface area contributed by atoms with Crippen LogP contribution in [0.2, 0.25) is 0 Å². The van der Waals surface area contributed by atoms with Gasteiger partial charge in [0.05, 0.1) is 24.9 Å². The number of fused-ring (bicyclic) bond motifs is 1. The molecule has 3 aromatic heterocycles. The second kappa shape index (κ2) is 8.68. The molecule has 9 nitrogen and oxygen atoms in total. The zero-order valence-corrected chi connectivity index (χ0v) is 18.1. The summed E-state index contributed by atoms with van der Waals surface area (Å²) in [5, 5.41) is 1.15. The van der Waals surface area contributed by atoms with Crippen molar-refractivity contribution in [2.24, 2.45) is 0 Å². The van der Waals surface area contributed by atoms with Crippen molar-refractivity contribution in [3.63, 3.8) is 0 Å². The quantitative estimate of drug-likeness (QED) is 0.339. The number of anilines is 1. The van der Waals surface area contributed by atoms with Gasteiger partial charge in [0.2, 0.25) is 5.71 Å². The van der Waals surface area contributed by atoms with Crippen LogP contribution in [0.4, 0.5) is 5.82 Å². The molecule has 0 aliphatic heterocycles. The van der Waals surface area contributed by atoms with Crippen LogP contribution in [0.1, 0.15) is 28.9 Å². The first kappa shape index (κ1) is 20.7. The second-order valence-electron chi connectivity index (χ2n) is 6.53. The summed E-state index contributed by atoms with van der Waals surface area (Å²) in [7, 11) is 1.63. The molecule has 0 amide bonds. The Hall–Kier alpha value is -3.53. The van der Waals surface area contributed by atoms with Gasteiger partial charge in [0.1, 0.15) is 28.7 Å². The number of esters is 1. The fourth-order valence-corrected chi connectivity index (χ4v) is 3.99. The summed E-state index contributed by atoms with van der Waals surface area (Å²) >= 11 is 1.46. The molecule has 0 radical (unpaired) electrons. The Morgan fingerprint density at radius 1 is 1.26 bits per heavy atom. The van der Waals surface area contributed by atoms with E-state index in [4.69, 9.17) is 19.6 Å². The number of hydrogen-bond donors (Lipinski definition) is 1. The van der Waals surface area contributed by atoms with Gasteiger partial charge >= 0.3 is 5.97 Å². The Morgan fingerprint density at radius 2 is 2.03 bits per heavy atom. The van der Waals surface area contributed by atoms with Crippen molar-refractivity contribution in [3.05, 3.63) is 53.8 Å².